The van der Waals surface area contributed by atoms with E-state index in [1.165, 1.54) is 0 Å². The van der Waals surface area contributed by atoms with Gasteiger partial charge in [0.15, 0.2) is 5.03 Å². The molecule has 2 rings (SSSR count). The first kappa shape index (κ1) is 15.4. The summed E-state index contributed by atoms with van der Waals surface area (Å²) in [5.41, 5.74) is 0.648. The van der Waals surface area contributed by atoms with E-state index in [1.54, 1.807) is 6.20 Å². The Morgan fingerprint density at radius 3 is 3.00 bits per heavy atom. The Labute approximate surface area is 119 Å². The monoisotopic (exact) mass is 302 g/mol. The molecule has 0 spiro atoms. The molecule has 3 N–H and O–H groups in total. The Bertz CT molecular complexity index is 529. The molecule has 0 aromatic carbocycles. The number of nitrogens with one attached hydrogen (secondary N) is 3. The first-order valence-corrected chi connectivity index (χ1v) is 8.37. The highest BCUT2D eigenvalue weighted by molar-refractivity contribution is 7.89. The van der Waals surface area contributed by atoms with Crippen molar-refractivity contribution >= 4 is 10.0 Å². The first-order valence-electron chi connectivity index (χ1n) is 6.88. The minimum Gasteiger partial charge on any atom is -0.378 e. The minimum absolute atomic E-state index is 0.0979. The summed E-state index contributed by atoms with van der Waals surface area (Å²) in [7, 11) is -3.55. The maximum Gasteiger partial charge on any atom is 0.257 e. The Morgan fingerprint density at radius 1 is 1.55 bits per heavy atom. The van der Waals surface area contributed by atoms with Crippen molar-refractivity contribution in [2.45, 2.75) is 37.9 Å². The molecule has 0 aliphatic carbocycles. The quantitative estimate of drug-likeness (QED) is 0.670. The SMILES string of the molecule is CCNCc1cn[nH]c1S(=O)(=O)NCC1CCOC1C. The predicted octanol–water partition coefficient (Wildman–Crippen LogP) is 0.223. The average Bonchev–Trinajstić information content (AvgIpc) is 3.03. The summed E-state index contributed by atoms with van der Waals surface area (Å²) >= 11 is 0. The van der Waals surface area contributed by atoms with Crippen molar-refractivity contribution in [2.24, 2.45) is 5.92 Å². The lowest BCUT2D eigenvalue weighted by Crippen LogP contribution is -2.33. The van der Waals surface area contributed by atoms with Crippen molar-refractivity contribution in [3.05, 3.63) is 11.8 Å². The summed E-state index contributed by atoms with van der Waals surface area (Å²) in [5, 5.41) is 9.64. The van der Waals surface area contributed by atoms with Gasteiger partial charge in [-0.25, -0.2) is 13.1 Å². The fraction of sp³-hybridized carbons (Fsp3) is 0.750. The number of nitrogens with zero attached hydrogens (tertiary/aromatic N) is 1. The van der Waals surface area contributed by atoms with Gasteiger partial charge in [0.05, 0.1) is 12.3 Å². The van der Waals surface area contributed by atoms with Crippen LogP contribution in [0.2, 0.25) is 0 Å². The second-order valence-electron chi connectivity index (χ2n) is 4.98. The highest BCUT2D eigenvalue weighted by atomic mass is 32.2. The molecule has 1 aliphatic rings. The molecule has 1 fully saturated rings. The smallest absolute Gasteiger partial charge is 0.257 e. The second kappa shape index (κ2) is 6.66. The summed E-state index contributed by atoms with van der Waals surface area (Å²) in [4.78, 5) is 0. The number of hydrogen-bond acceptors (Lipinski definition) is 5. The fourth-order valence-electron chi connectivity index (χ4n) is 2.25. The van der Waals surface area contributed by atoms with Crippen LogP contribution in [-0.2, 0) is 21.3 Å². The number of aromatic nitrogens is 2. The van der Waals surface area contributed by atoms with Gasteiger partial charge in [-0.1, -0.05) is 6.92 Å². The maximum atomic E-state index is 12.3. The molecule has 0 radical (unpaired) electrons. The second-order valence-corrected chi connectivity index (χ2v) is 6.69. The largest absolute Gasteiger partial charge is 0.378 e. The number of aromatic amines is 1. The third-order valence-corrected chi connectivity index (χ3v) is 5.02. The normalized spacial score (nSPS) is 23.3. The van der Waals surface area contributed by atoms with Crippen LogP contribution in [0.15, 0.2) is 11.2 Å². The molecule has 20 heavy (non-hydrogen) atoms. The van der Waals surface area contributed by atoms with Gasteiger partial charge in [-0.15, -0.1) is 0 Å². The fourth-order valence-corrected chi connectivity index (χ4v) is 3.47. The van der Waals surface area contributed by atoms with Gasteiger partial charge in [0.1, 0.15) is 0 Å². The molecule has 0 amide bonds. The summed E-state index contributed by atoms with van der Waals surface area (Å²) in [6.07, 6.45) is 2.52. The molecule has 1 aliphatic heterocycles. The van der Waals surface area contributed by atoms with Crippen LogP contribution in [0.4, 0.5) is 0 Å². The standard InChI is InChI=1S/C12H22N4O3S/c1-3-13-6-11-7-14-16-12(11)20(17,18)15-8-10-4-5-19-9(10)2/h7,9-10,13,15H,3-6,8H2,1-2H3,(H,14,16). The first-order chi connectivity index (χ1) is 9.54. The van der Waals surface area contributed by atoms with Crippen molar-refractivity contribution in [1.82, 2.24) is 20.2 Å². The number of rotatable bonds is 7. The van der Waals surface area contributed by atoms with Gasteiger partial charge in [-0.05, 0) is 19.9 Å². The van der Waals surface area contributed by atoms with Gasteiger partial charge >= 0.3 is 0 Å². The van der Waals surface area contributed by atoms with E-state index in [0.717, 1.165) is 13.0 Å². The number of hydrogen-bond donors (Lipinski definition) is 3. The van der Waals surface area contributed by atoms with E-state index in [9.17, 15) is 8.42 Å². The molecule has 8 heteroatoms. The molecule has 7 nitrogen and oxygen atoms in total. The van der Waals surface area contributed by atoms with Gasteiger partial charge in [-0.3, -0.25) is 5.10 Å². The number of ether oxygens (including phenoxy) is 1. The van der Waals surface area contributed by atoms with E-state index in [-0.39, 0.29) is 17.0 Å². The zero-order valence-electron chi connectivity index (χ0n) is 11.8. The highest BCUT2D eigenvalue weighted by Gasteiger charge is 2.27. The molecule has 2 heterocycles. The van der Waals surface area contributed by atoms with E-state index in [1.807, 2.05) is 13.8 Å². The lowest BCUT2D eigenvalue weighted by atomic mass is 10.0. The highest BCUT2D eigenvalue weighted by Crippen LogP contribution is 2.20. The summed E-state index contributed by atoms with van der Waals surface area (Å²) in [5.74, 6) is 0.227. The van der Waals surface area contributed by atoms with Crippen LogP contribution >= 0.6 is 0 Å². The van der Waals surface area contributed by atoms with Crippen LogP contribution in [-0.4, -0.2) is 44.4 Å². The van der Waals surface area contributed by atoms with E-state index < -0.39 is 10.0 Å². The van der Waals surface area contributed by atoms with Crippen LogP contribution in [0.5, 0.6) is 0 Å². The molecule has 2 atom stereocenters. The van der Waals surface area contributed by atoms with E-state index in [0.29, 0.717) is 25.3 Å². The lowest BCUT2D eigenvalue weighted by molar-refractivity contribution is 0.107. The van der Waals surface area contributed by atoms with Gasteiger partial charge in [0.25, 0.3) is 10.0 Å². The maximum absolute atomic E-state index is 12.3. The molecule has 1 aromatic heterocycles. The Kier molecular flexibility index (Phi) is 5.14. The molecule has 2 unspecified atom stereocenters. The van der Waals surface area contributed by atoms with E-state index >= 15 is 0 Å². The van der Waals surface area contributed by atoms with Gasteiger partial charge in [0, 0.05) is 31.2 Å². The van der Waals surface area contributed by atoms with Gasteiger partial charge in [0.2, 0.25) is 0 Å². The Morgan fingerprint density at radius 2 is 2.35 bits per heavy atom. The zero-order valence-corrected chi connectivity index (χ0v) is 12.7. The topological polar surface area (TPSA) is 96.1 Å². The van der Waals surface area contributed by atoms with Crippen molar-refractivity contribution in [3.8, 4) is 0 Å². The molecule has 0 bridgehead atoms. The van der Waals surface area contributed by atoms with Crippen LogP contribution in [0.1, 0.15) is 25.8 Å². The Balaban J connectivity index is 2.01. The van der Waals surface area contributed by atoms with Gasteiger partial charge in [-0.2, -0.15) is 5.10 Å². The molecule has 114 valence electrons. The van der Waals surface area contributed by atoms with Crippen molar-refractivity contribution < 1.29 is 13.2 Å². The number of sulfonamides is 1. The third-order valence-electron chi connectivity index (χ3n) is 3.58. The molecular formula is C12H22N4O3S. The predicted molar refractivity (Wildman–Crippen MR) is 74.7 cm³/mol. The lowest BCUT2D eigenvalue weighted by Gasteiger charge is -2.14. The van der Waals surface area contributed by atoms with Crippen LogP contribution in [0.25, 0.3) is 0 Å². The van der Waals surface area contributed by atoms with Crippen molar-refractivity contribution in [2.75, 3.05) is 19.7 Å². The molecule has 1 aromatic rings. The van der Waals surface area contributed by atoms with Crippen molar-refractivity contribution in [3.63, 3.8) is 0 Å². The van der Waals surface area contributed by atoms with E-state index in [4.69, 9.17) is 4.74 Å². The zero-order chi connectivity index (χ0) is 14.6. The van der Waals surface area contributed by atoms with Crippen LogP contribution in [0.3, 0.4) is 0 Å². The number of H-pyrrole nitrogens is 1. The minimum atomic E-state index is -3.55. The third kappa shape index (κ3) is 3.57. The molecule has 1 saturated heterocycles. The van der Waals surface area contributed by atoms with Gasteiger partial charge < -0.3 is 10.1 Å². The van der Waals surface area contributed by atoms with Crippen LogP contribution < -0.4 is 10.0 Å². The summed E-state index contributed by atoms with van der Waals surface area (Å²) in [6, 6.07) is 0. The summed E-state index contributed by atoms with van der Waals surface area (Å²) < 4.78 is 32.7. The molecular weight excluding hydrogens is 280 g/mol. The molecule has 0 saturated carbocycles. The van der Waals surface area contributed by atoms with Crippen molar-refractivity contribution in [1.29, 1.82) is 0 Å². The Hall–Kier alpha value is -0.960. The average molecular weight is 302 g/mol. The summed E-state index contributed by atoms with van der Waals surface area (Å²) in [6.45, 7) is 6.28. The van der Waals surface area contributed by atoms with Crippen LogP contribution in [0, 0.1) is 5.92 Å². The van der Waals surface area contributed by atoms with E-state index in [2.05, 4.69) is 20.2 Å².